The van der Waals surface area contributed by atoms with Crippen molar-refractivity contribution < 1.29 is 24.5 Å². The van der Waals surface area contributed by atoms with Gasteiger partial charge in [-0.25, -0.2) is 4.79 Å². The number of ether oxygens (including phenoxy) is 1. The average molecular weight is 315 g/mol. The van der Waals surface area contributed by atoms with Crippen LogP contribution in [0, 0.1) is 5.41 Å². The van der Waals surface area contributed by atoms with Crippen LogP contribution in [0.15, 0.2) is 0 Å². The van der Waals surface area contributed by atoms with Crippen LogP contribution in [0.2, 0.25) is 0 Å². The van der Waals surface area contributed by atoms with E-state index in [4.69, 9.17) is 9.84 Å². The second-order valence-electron chi connectivity index (χ2n) is 7.13. The largest absolute Gasteiger partial charge is 0.481 e. The van der Waals surface area contributed by atoms with Crippen LogP contribution in [0.4, 0.5) is 4.79 Å². The molecule has 0 bridgehead atoms. The van der Waals surface area contributed by atoms with Gasteiger partial charge in [-0.1, -0.05) is 19.3 Å². The third kappa shape index (κ3) is 5.48. The minimum atomic E-state index is -0.851. The first kappa shape index (κ1) is 18.7. The zero-order valence-corrected chi connectivity index (χ0v) is 13.9. The Hall–Kier alpha value is -1.30. The highest BCUT2D eigenvalue weighted by molar-refractivity contribution is 5.78. The lowest BCUT2D eigenvalue weighted by Gasteiger charge is -2.27. The van der Waals surface area contributed by atoms with Crippen LogP contribution < -0.4 is 0 Å². The Bertz CT molecular complexity index is 390. The topological polar surface area (TPSA) is 87.1 Å². The number of likely N-dealkylation sites (tertiary alicyclic amines) is 1. The fourth-order valence-corrected chi connectivity index (χ4v) is 2.77. The van der Waals surface area contributed by atoms with Crippen molar-refractivity contribution in [1.82, 2.24) is 4.90 Å². The number of carboxylic acids is 1. The van der Waals surface area contributed by atoms with Gasteiger partial charge in [-0.2, -0.15) is 0 Å². The second-order valence-corrected chi connectivity index (χ2v) is 7.13. The highest BCUT2D eigenvalue weighted by Crippen LogP contribution is 2.37. The molecule has 0 aromatic carbocycles. The lowest BCUT2D eigenvalue weighted by Crippen LogP contribution is -2.39. The van der Waals surface area contributed by atoms with Crippen LogP contribution in [0.3, 0.4) is 0 Å². The van der Waals surface area contributed by atoms with Gasteiger partial charge in [-0.05, 0) is 40.0 Å². The molecule has 0 saturated carbocycles. The molecule has 1 amide bonds. The van der Waals surface area contributed by atoms with Crippen molar-refractivity contribution in [2.75, 3.05) is 19.7 Å². The number of carbonyl (C=O) groups excluding carboxylic acids is 1. The van der Waals surface area contributed by atoms with Crippen LogP contribution in [0.25, 0.3) is 0 Å². The number of carboxylic acid groups (broad SMARTS) is 1. The molecule has 0 aromatic rings. The molecule has 1 atom stereocenters. The number of rotatable bonds is 7. The van der Waals surface area contributed by atoms with Crippen LogP contribution in [0.1, 0.15) is 59.3 Å². The normalized spacial score (nSPS) is 21.9. The first-order chi connectivity index (χ1) is 10.2. The summed E-state index contributed by atoms with van der Waals surface area (Å²) in [5.74, 6) is -0.833. The summed E-state index contributed by atoms with van der Waals surface area (Å²) < 4.78 is 5.32. The van der Waals surface area contributed by atoms with Gasteiger partial charge >= 0.3 is 12.1 Å². The minimum absolute atomic E-state index is 0.177. The van der Waals surface area contributed by atoms with Crippen molar-refractivity contribution in [3.8, 4) is 0 Å². The fourth-order valence-electron chi connectivity index (χ4n) is 2.77. The van der Waals surface area contributed by atoms with Crippen LogP contribution in [-0.4, -0.2) is 52.5 Å². The van der Waals surface area contributed by atoms with E-state index in [-0.39, 0.29) is 13.2 Å². The lowest BCUT2D eigenvalue weighted by atomic mass is 9.82. The van der Waals surface area contributed by atoms with E-state index in [2.05, 4.69) is 0 Å². The molecule has 2 N–H and O–H groups in total. The molecule has 1 aliphatic heterocycles. The monoisotopic (exact) mass is 315 g/mol. The first-order valence-corrected chi connectivity index (χ1v) is 8.02. The molecular weight excluding hydrogens is 286 g/mol. The van der Waals surface area contributed by atoms with Gasteiger partial charge in [0, 0.05) is 19.7 Å². The Balaban J connectivity index is 2.55. The quantitative estimate of drug-likeness (QED) is 0.705. The number of aliphatic carboxylic acids is 1. The van der Waals surface area contributed by atoms with E-state index in [1.165, 1.54) is 4.90 Å². The Kier molecular flexibility index (Phi) is 6.66. The number of hydrogen-bond donors (Lipinski definition) is 2. The molecule has 1 aliphatic rings. The second kappa shape index (κ2) is 7.81. The number of nitrogens with zero attached hydrogens (tertiary/aromatic N) is 1. The van der Waals surface area contributed by atoms with Crippen LogP contribution in [0.5, 0.6) is 0 Å². The number of carbonyl (C=O) groups is 2. The predicted octanol–water partition coefficient (Wildman–Crippen LogP) is 2.64. The lowest BCUT2D eigenvalue weighted by molar-refractivity contribution is -0.148. The van der Waals surface area contributed by atoms with Crippen LogP contribution in [-0.2, 0) is 9.53 Å². The number of aliphatic hydroxyl groups excluding tert-OH is 1. The van der Waals surface area contributed by atoms with Gasteiger partial charge in [-0.15, -0.1) is 0 Å². The van der Waals surface area contributed by atoms with Gasteiger partial charge in [-0.3, -0.25) is 4.79 Å². The molecule has 1 unspecified atom stereocenters. The summed E-state index contributed by atoms with van der Waals surface area (Å²) in [6.45, 7) is 6.22. The Labute approximate surface area is 132 Å². The molecule has 0 radical (unpaired) electrons. The van der Waals surface area contributed by atoms with Crippen molar-refractivity contribution >= 4 is 12.1 Å². The van der Waals surface area contributed by atoms with Gasteiger partial charge in [0.1, 0.15) is 5.60 Å². The van der Waals surface area contributed by atoms with E-state index in [0.717, 1.165) is 25.7 Å². The molecule has 0 spiro atoms. The number of aliphatic hydroxyl groups is 1. The predicted molar refractivity (Wildman–Crippen MR) is 82.7 cm³/mol. The van der Waals surface area contributed by atoms with E-state index in [1.807, 2.05) is 0 Å². The molecular formula is C16H29NO5. The average Bonchev–Trinajstić information content (AvgIpc) is 2.82. The maximum atomic E-state index is 12.1. The van der Waals surface area contributed by atoms with Crippen molar-refractivity contribution in [2.45, 2.75) is 64.9 Å². The Morgan fingerprint density at radius 2 is 1.82 bits per heavy atom. The Morgan fingerprint density at radius 3 is 2.36 bits per heavy atom. The fraction of sp³-hybridized carbons (Fsp3) is 0.875. The third-order valence-corrected chi connectivity index (χ3v) is 4.02. The highest BCUT2D eigenvalue weighted by atomic mass is 16.6. The SMILES string of the molecule is CC(C)(C)OC(=O)N1CCC(CCCCCCO)(C(=O)O)C1. The van der Waals surface area contributed by atoms with Gasteiger partial charge in [0.2, 0.25) is 0 Å². The minimum Gasteiger partial charge on any atom is -0.481 e. The van der Waals surface area contributed by atoms with Gasteiger partial charge in [0.15, 0.2) is 0 Å². The number of hydrogen-bond acceptors (Lipinski definition) is 4. The molecule has 0 aliphatic carbocycles. The van der Waals surface area contributed by atoms with Crippen LogP contribution >= 0.6 is 0 Å². The third-order valence-electron chi connectivity index (χ3n) is 4.02. The van der Waals surface area contributed by atoms with E-state index in [9.17, 15) is 14.7 Å². The molecule has 6 heteroatoms. The van der Waals surface area contributed by atoms with E-state index in [1.54, 1.807) is 20.8 Å². The van der Waals surface area contributed by atoms with Gasteiger partial charge in [0.05, 0.1) is 5.41 Å². The molecule has 1 rings (SSSR count). The summed E-state index contributed by atoms with van der Waals surface area (Å²) in [6.07, 6.45) is 3.97. The maximum Gasteiger partial charge on any atom is 0.410 e. The maximum absolute atomic E-state index is 12.1. The van der Waals surface area contributed by atoms with Crippen molar-refractivity contribution in [2.24, 2.45) is 5.41 Å². The summed E-state index contributed by atoms with van der Waals surface area (Å²) in [6, 6.07) is 0. The summed E-state index contributed by atoms with van der Waals surface area (Å²) in [5.41, 5.74) is -1.42. The van der Waals surface area contributed by atoms with Gasteiger partial charge in [0.25, 0.3) is 0 Å². The van der Waals surface area contributed by atoms with E-state index in [0.29, 0.717) is 19.4 Å². The van der Waals surface area contributed by atoms with E-state index >= 15 is 0 Å². The number of amides is 1. The zero-order valence-electron chi connectivity index (χ0n) is 13.9. The number of unbranched alkanes of at least 4 members (excludes halogenated alkanes) is 3. The molecule has 0 aromatic heterocycles. The molecule has 128 valence electrons. The molecule has 1 saturated heterocycles. The molecule has 1 heterocycles. The van der Waals surface area contributed by atoms with Gasteiger partial charge < -0.3 is 19.8 Å². The van der Waals surface area contributed by atoms with Crippen molar-refractivity contribution in [3.05, 3.63) is 0 Å². The summed E-state index contributed by atoms with van der Waals surface area (Å²) in [5, 5.41) is 18.3. The molecule has 1 fully saturated rings. The standard InChI is InChI=1S/C16H29NO5/c1-15(2,3)22-14(21)17-10-9-16(12-17,13(19)20)8-6-4-5-7-11-18/h18H,4-12H2,1-3H3,(H,19,20). The van der Waals surface area contributed by atoms with Crippen molar-refractivity contribution in [3.63, 3.8) is 0 Å². The summed E-state index contributed by atoms with van der Waals surface area (Å²) in [4.78, 5) is 25.3. The summed E-state index contributed by atoms with van der Waals surface area (Å²) in [7, 11) is 0. The molecule has 6 nitrogen and oxygen atoms in total. The summed E-state index contributed by atoms with van der Waals surface area (Å²) >= 11 is 0. The van der Waals surface area contributed by atoms with E-state index < -0.39 is 23.1 Å². The Morgan fingerprint density at radius 1 is 1.18 bits per heavy atom. The molecule has 22 heavy (non-hydrogen) atoms. The van der Waals surface area contributed by atoms with Crippen molar-refractivity contribution in [1.29, 1.82) is 0 Å². The smallest absolute Gasteiger partial charge is 0.410 e. The zero-order chi connectivity index (χ0) is 16.8. The highest BCUT2D eigenvalue weighted by Gasteiger charge is 2.46. The first-order valence-electron chi connectivity index (χ1n) is 8.02.